The first kappa shape index (κ1) is 14.4. The summed E-state index contributed by atoms with van der Waals surface area (Å²) in [4.78, 5) is 0. The smallest absolute Gasteiger partial charge is 0.0486 e. The fourth-order valence-corrected chi connectivity index (χ4v) is 2.88. The molecule has 0 unspecified atom stereocenters. The van der Waals surface area contributed by atoms with Crippen molar-refractivity contribution in [3.63, 3.8) is 0 Å². The van der Waals surface area contributed by atoms with E-state index in [4.69, 9.17) is 0 Å². The van der Waals surface area contributed by atoms with E-state index >= 15 is 0 Å². The highest BCUT2D eigenvalue weighted by molar-refractivity contribution is 5.84. The van der Waals surface area contributed by atoms with Crippen LogP contribution >= 0.6 is 0 Å². The van der Waals surface area contributed by atoms with Gasteiger partial charge in [0.25, 0.3) is 0 Å². The molecule has 112 valence electrons. The number of benzene rings is 1. The summed E-state index contributed by atoms with van der Waals surface area (Å²) in [5.74, 6) is 0. The van der Waals surface area contributed by atoms with Gasteiger partial charge in [-0.25, -0.2) is 0 Å². The van der Waals surface area contributed by atoms with Gasteiger partial charge in [-0.15, -0.1) is 0 Å². The number of aromatic nitrogens is 1. The Kier molecular flexibility index (Phi) is 4.45. The monoisotopic (exact) mass is 282 g/mol. The van der Waals surface area contributed by atoms with Crippen molar-refractivity contribution in [3.05, 3.63) is 48.2 Å². The maximum absolute atomic E-state index is 4.16. The van der Waals surface area contributed by atoms with Crippen LogP contribution in [0.25, 0.3) is 10.9 Å². The molecule has 1 aliphatic rings. The molecule has 0 aliphatic heterocycles. The highest BCUT2D eigenvalue weighted by Gasteiger charge is 2.19. The van der Waals surface area contributed by atoms with Gasteiger partial charge in [0.2, 0.25) is 0 Å². The third-order valence-corrected chi connectivity index (χ3v) is 4.40. The zero-order valence-corrected chi connectivity index (χ0v) is 13.1. The van der Waals surface area contributed by atoms with Crippen LogP contribution in [-0.4, -0.2) is 17.2 Å². The van der Waals surface area contributed by atoms with Crippen LogP contribution in [0.3, 0.4) is 0 Å². The van der Waals surface area contributed by atoms with E-state index in [2.05, 4.69) is 53.8 Å². The van der Waals surface area contributed by atoms with Gasteiger partial charge < -0.3 is 9.88 Å². The number of allylic oxidation sites excluding steroid dienone is 1. The standard InChI is InChI=1S/C19H26N2/c1-3-15(2)13-21-14-16(7-6-12-20-17-10-11-17)18-8-4-5-9-19(18)21/h4-5,8-9,14,17,20H,2-3,6-7,10-13H2,1H3. The number of hydrogen-bond acceptors (Lipinski definition) is 1. The number of nitrogens with zero attached hydrogens (tertiary/aromatic N) is 1. The quantitative estimate of drug-likeness (QED) is 0.564. The van der Waals surface area contributed by atoms with Crippen LogP contribution in [-0.2, 0) is 13.0 Å². The third kappa shape index (κ3) is 3.56. The Morgan fingerprint density at radius 2 is 2.14 bits per heavy atom. The average Bonchev–Trinajstić information content (AvgIpc) is 3.27. The molecule has 2 nitrogen and oxygen atoms in total. The van der Waals surface area contributed by atoms with Crippen molar-refractivity contribution in [2.45, 2.75) is 51.6 Å². The summed E-state index contributed by atoms with van der Waals surface area (Å²) in [7, 11) is 0. The van der Waals surface area contributed by atoms with Crippen LogP contribution in [0.2, 0.25) is 0 Å². The van der Waals surface area contributed by atoms with Gasteiger partial charge in [-0.1, -0.05) is 37.3 Å². The molecule has 0 saturated heterocycles. The molecule has 3 rings (SSSR count). The molecule has 1 heterocycles. The fourth-order valence-electron chi connectivity index (χ4n) is 2.88. The van der Waals surface area contributed by atoms with Crippen molar-refractivity contribution in [2.24, 2.45) is 0 Å². The lowest BCUT2D eigenvalue weighted by molar-refractivity contribution is 0.645. The van der Waals surface area contributed by atoms with Gasteiger partial charge >= 0.3 is 0 Å². The Bertz CT molecular complexity index is 620. The Labute approximate surface area is 127 Å². The van der Waals surface area contributed by atoms with Gasteiger partial charge in [0.15, 0.2) is 0 Å². The van der Waals surface area contributed by atoms with Gasteiger partial charge in [-0.2, -0.15) is 0 Å². The summed E-state index contributed by atoms with van der Waals surface area (Å²) < 4.78 is 2.37. The summed E-state index contributed by atoms with van der Waals surface area (Å²) in [6.45, 7) is 8.42. The molecule has 1 fully saturated rings. The Hall–Kier alpha value is -1.54. The Balaban J connectivity index is 1.72. The van der Waals surface area contributed by atoms with E-state index in [1.165, 1.54) is 41.3 Å². The summed E-state index contributed by atoms with van der Waals surface area (Å²) >= 11 is 0. The summed E-state index contributed by atoms with van der Waals surface area (Å²) in [5.41, 5.74) is 4.11. The fraction of sp³-hybridized carbons (Fsp3) is 0.474. The maximum Gasteiger partial charge on any atom is 0.0486 e. The number of hydrogen-bond donors (Lipinski definition) is 1. The molecular weight excluding hydrogens is 256 g/mol. The topological polar surface area (TPSA) is 17.0 Å². The maximum atomic E-state index is 4.16. The molecular formula is C19H26N2. The normalized spacial score (nSPS) is 14.7. The molecule has 1 aromatic carbocycles. The molecule has 1 aromatic heterocycles. The molecule has 0 bridgehead atoms. The van der Waals surface area contributed by atoms with E-state index in [0.717, 1.165) is 32.0 Å². The molecule has 0 atom stereocenters. The second-order valence-corrected chi connectivity index (χ2v) is 6.23. The van der Waals surface area contributed by atoms with Crippen molar-refractivity contribution in [2.75, 3.05) is 6.54 Å². The van der Waals surface area contributed by atoms with E-state index in [0.29, 0.717) is 0 Å². The second kappa shape index (κ2) is 6.48. The van der Waals surface area contributed by atoms with Crippen LogP contribution in [0.15, 0.2) is 42.6 Å². The lowest BCUT2D eigenvalue weighted by Gasteiger charge is -2.06. The first-order chi connectivity index (χ1) is 10.3. The van der Waals surface area contributed by atoms with Gasteiger partial charge in [-0.05, 0) is 50.3 Å². The summed E-state index contributed by atoms with van der Waals surface area (Å²) in [5, 5.41) is 5.01. The zero-order valence-electron chi connectivity index (χ0n) is 13.1. The largest absolute Gasteiger partial charge is 0.343 e. The number of para-hydroxylation sites is 1. The van der Waals surface area contributed by atoms with Crippen LogP contribution in [0, 0.1) is 0 Å². The first-order valence-electron chi connectivity index (χ1n) is 8.24. The Morgan fingerprint density at radius 1 is 1.33 bits per heavy atom. The average molecular weight is 282 g/mol. The van der Waals surface area contributed by atoms with Gasteiger partial charge in [0.05, 0.1) is 0 Å². The molecule has 2 aromatic rings. The van der Waals surface area contributed by atoms with Crippen molar-refractivity contribution in [1.82, 2.24) is 9.88 Å². The van der Waals surface area contributed by atoms with E-state index in [-0.39, 0.29) is 0 Å². The van der Waals surface area contributed by atoms with Gasteiger partial charge in [-0.3, -0.25) is 0 Å². The van der Waals surface area contributed by atoms with Crippen LogP contribution in [0.4, 0.5) is 0 Å². The van der Waals surface area contributed by atoms with Crippen LogP contribution in [0.1, 0.15) is 38.2 Å². The minimum atomic E-state index is 0.819. The van der Waals surface area contributed by atoms with Crippen LogP contribution < -0.4 is 5.32 Å². The van der Waals surface area contributed by atoms with Crippen molar-refractivity contribution in [1.29, 1.82) is 0 Å². The van der Waals surface area contributed by atoms with Crippen molar-refractivity contribution < 1.29 is 0 Å². The minimum Gasteiger partial charge on any atom is -0.343 e. The SMILES string of the molecule is C=C(CC)Cn1cc(CCCNC2CC2)c2ccccc21. The van der Waals surface area contributed by atoms with Crippen molar-refractivity contribution in [3.8, 4) is 0 Å². The number of aryl methyl sites for hydroxylation is 1. The minimum absolute atomic E-state index is 0.819. The van der Waals surface area contributed by atoms with E-state index in [1.807, 2.05) is 0 Å². The summed E-state index contributed by atoms with van der Waals surface area (Å²) in [6.07, 6.45) is 8.51. The molecule has 2 heteroatoms. The zero-order chi connectivity index (χ0) is 14.7. The molecule has 1 saturated carbocycles. The number of fused-ring (bicyclic) bond motifs is 1. The second-order valence-electron chi connectivity index (χ2n) is 6.23. The van der Waals surface area contributed by atoms with E-state index < -0.39 is 0 Å². The summed E-state index contributed by atoms with van der Waals surface area (Å²) in [6, 6.07) is 9.58. The third-order valence-electron chi connectivity index (χ3n) is 4.40. The number of rotatable bonds is 8. The van der Waals surface area contributed by atoms with Crippen molar-refractivity contribution >= 4 is 10.9 Å². The van der Waals surface area contributed by atoms with Crippen LogP contribution in [0.5, 0.6) is 0 Å². The van der Waals surface area contributed by atoms with E-state index in [9.17, 15) is 0 Å². The van der Waals surface area contributed by atoms with Gasteiger partial charge in [0.1, 0.15) is 0 Å². The predicted molar refractivity (Wildman–Crippen MR) is 90.7 cm³/mol. The highest BCUT2D eigenvalue weighted by Crippen LogP contribution is 2.24. The predicted octanol–water partition coefficient (Wildman–Crippen LogP) is 4.29. The number of nitrogens with one attached hydrogen (secondary N) is 1. The lowest BCUT2D eigenvalue weighted by Crippen LogP contribution is -2.17. The molecule has 0 radical (unpaired) electrons. The van der Waals surface area contributed by atoms with Gasteiger partial charge in [0, 0.05) is 29.7 Å². The molecule has 0 amide bonds. The highest BCUT2D eigenvalue weighted by atomic mass is 15.0. The lowest BCUT2D eigenvalue weighted by atomic mass is 10.1. The molecule has 1 aliphatic carbocycles. The molecule has 0 spiro atoms. The molecule has 1 N–H and O–H groups in total. The van der Waals surface area contributed by atoms with E-state index in [1.54, 1.807) is 0 Å². The first-order valence-corrected chi connectivity index (χ1v) is 8.24. The molecule has 21 heavy (non-hydrogen) atoms. The Morgan fingerprint density at radius 3 is 2.90 bits per heavy atom.